The molecular formula is C25H21F3N6OS. The Balaban J connectivity index is 1.15. The number of piperazine rings is 1. The van der Waals surface area contributed by atoms with E-state index in [2.05, 4.69) is 19.9 Å². The third-order valence-corrected chi connectivity index (χ3v) is 7.37. The molecule has 1 N–H and O–H groups in total. The molecule has 0 aliphatic carbocycles. The zero-order valence-electron chi connectivity index (χ0n) is 19.0. The van der Waals surface area contributed by atoms with E-state index in [-0.39, 0.29) is 12.5 Å². The first-order valence-corrected chi connectivity index (χ1v) is 12.3. The first-order valence-electron chi connectivity index (χ1n) is 11.4. The molecule has 184 valence electrons. The average Bonchev–Trinajstić information content (AvgIpc) is 3.61. The van der Waals surface area contributed by atoms with E-state index >= 15 is 0 Å². The number of nitrogens with zero attached hydrogens (tertiary/aromatic N) is 5. The van der Waals surface area contributed by atoms with Gasteiger partial charge in [-0.2, -0.15) is 13.2 Å². The van der Waals surface area contributed by atoms with Crippen molar-refractivity contribution in [1.29, 1.82) is 0 Å². The average molecular weight is 511 g/mol. The van der Waals surface area contributed by atoms with Gasteiger partial charge >= 0.3 is 6.18 Å². The number of amides is 1. The Kier molecular flexibility index (Phi) is 5.44. The Bertz CT molecular complexity index is 1530. The number of hydrogen-bond acceptors (Lipinski definition) is 5. The minimum Gasteiger partial charge on any atom is -0.358 e. The predicted octanol–water partition coefficient (Wildman–Crippen LogP) is 5.01. The lowest BCUT2D eigenvalue weighted by Crippen LogP contribution is -2.49. The third kappa shape index (κ3) is 4.09. The summed E-state index contributed by atoms with van der Waals surface area (Å²) in [7, 11) is 0. The summed E-state index contributed by atoms with van der Waals surface area (Å²) in [5.41, 5.74) is 4.08. The van der Waals surface area contributed by atoms with Crippen molar-refractivity contribution >= 4 is 44.2 Å². The van der Waals surface area contributed by atoms with Crippen LogP contribution in [0.15, 0.2) is 60.2 Å². The molecule has 36 heavy (non-hydrogen) atoms. The minimum atomic E-state index is -4.43. The second-order valence-electron chi connectivity index (χ2n) is 8.69. The Labute approximate surface area is 207 Å². The van der Waals surface area contributed by atoms with E-state index in [1.807, 2.05) is 24.3 Å². The molecule has 0 spiro atoms. The minimum absolute atomic E-state index is 0.00436. The summed E-state index contributed by atoms with van der Waals surface area (Å²) in [5, 5.41) is 1.67. The topological polar surface area (TPSA) is 70.1 Å². The van der Waals surface area contributed by atoms with Crippen molar-refractivity contribution in [2.24, 2.45) is 0 Å². The highest BCUT2D eigenvalue weighted by atomic mass is 32.1. The van der Waals surface area contributed by atoms with Crippen LogP contribution in [0.25, 0.3) is 33.5 Å². The molecule has 2 aromatic carbocycles. The summed E-state index contributed by atoms with van der Waals surface area (Å²) in [6.07, 6.45) is -2.77. The monoisotopic (exact) mass is 510 g/mol. The van der Waals surface area contributed by atoms with E-state index in [1.54, 1.807) is 27.2 Å². The number of carbonyl (C=O) groups excluding carboxylic acids is 1. The fourth-order valence-electron chi connectivity index (χ4n) is 4.59. The highest BCUT2D eigenvalue weighted by Gasteiger charge is 2.31. The molecule has 1 aliphatic rings. The van der Waals surface area contributed by atoms with Crippen molar-refractivity contribution in [1.82, 2.24) is 24.4 Å². The first-order chi connectivity index (χ1) is 17.4. The lowest BCUT2D eigenvalue weighted by molar-refractivity contribution is -0.137. The quantitative estimate of drug-likeness (QED) is 0.369. The van der Waals surface area contributed by atoms with Crippen LogP contribution in [-0.4, -0.2) is 56.5 Å². The van der Waals surface area contributed by atoms with E-state index in [4.69, 9.17) is 0 Å². The van der Waals surface area contributed by atoms with Gasteiger partial charge in [-0.15, -0.1) is 11.3 Å². The SMILES string of the molecule is O=C(Cn1ccc2ccc(C(F)(F)F)cc21)N1CCN(c2scnc2-c2nc3ccccc3[nH]2)CC1. The molecule has 6 rings (SSSR count). The number of fused-ring (bicyclic) bond motifs is 2. The highest BCUT2D eigenvalue weighted by Crippen LogP contribution is 2.34. The van der Waals surface area contributed by atoms with Gasteiger partial charge in [-0.25, -0.2) is 9.97 Å². The van der Waals surface area contributed by atoms with Crippen LogP contribution >= 0.6 is 11.3 Å². The van der Waals surface area contributed by atoms with Crippen LogP contribution in [0.1, 0.15) is 5.56 Å². The van der Waals surface area contributed by atoms with Crippen LogP contribution in [-0.2, 0) is 17.5 Å². The smallest absolute Gasteiger partial charge is 0.358 e. The van der Waals surface area contributed by atoms with Crippen LogP contribution in [0.2, 0.25) is 0 Å². The molecule has 0 bridgehead atoms. The molecule has 1 amide bonds. The number of alkyl halides is 3. The number of nitrogens with one attached hydrogen (secondary N) is 1. The van der Waals surface area contributed by atoms with Crippen molar-refractivity contribution in [2.45, 2.75) is 12.7 Å². The molecule has 3 aromatic heterocycles. The maximum absolute atomic E-state index is 13.2. The fourth-order valence-corrected chi connectivity index (χ4v) is 5.45. The number of anilines is 1. The normalized spacial score (nSPS) is 14.8. The zero-order chi connectivity index (χ0) is 24.9. The van der Waals surface area contributed by atoms with Crippen LogP contribution < -0.4 is 4.90 Å². The molecule has 4 heterocycles. The summed E-state index contributed by atoms with van der Waals surface area (Å²) < 4.78 is 41.0. The number of imidazole rings is 1. The summed E-state index contributed by atoms with van der Waals surface area (Å²) in [6.45, 7) is 2.29. The van der Waals surface area contributed by atoms with Gasteiger partial charge < -0.3 is 19.4 Å². The highest BCUT2D eigenvalue weighted by molar-refractivity contribution is 7.14. The number of para-hydroxylation sites is 2. The zero-order valence-corrected chi connectivity index (χ0v) is 19.8. The molecule has 0 saturated carbocycles. The number of thiazole rings is 1. The van der Waals surface area contributed by atoms with E-state index in [9.17, 15) is 18.0 Å². The fraction of sp³-hybridized carbons (Fsp3) is 0.240. The van der Waals surface area contributed by atoms with Crippen molar-refractivity contribution in [3.05, 3.63) is 65.8 Å². The molecular weight excluding hydrogens is 489 g/mol. The Morgan fingerprint density at radius 1 is 1.06 bits per heavy atom. The van der Waals surface area contributed by atoms with E-state index < -0.39 is 11.7 Å². The number of carbonyl (C=O) groups is 1. The van der Waals surface area contributed by atoms with E-state index in [1.165, 1.54) is 17.4 Å². The second kappa shape index (κ2) is 8.66. The van der Waals surface area contributed by atoms with E-state index in [0.717, 1.165) is 33.9 Å². The van der Waals surface area contributed by atoms with Gasteiger partial charge in [0.15, 0.2) is 5.82 Å². The standard InChI is InChI=1S/C25H21F3N6OS/c26-25(27,28)17-6-5-16-7-8-34(20(16)13-17)14-21(35)32-9-11-33(12-10-32)24-22(29-15-36-24)23-30-18-3-1-2-4-19(18)31-23/h1-8,13,15H,9-12,14H2,(H,30,31). The van der Waals surface area contributed by atoms with Gasteiger partial charge in [0.05, 0.1) is 22.1 Å². The lowest BCUT2D eigenvalue weighted by Gasteiger charge is -2.35. The molecule has 1 aliphatic heterocycles. The number of halogens is 3. The van der Waals surface area contributed by atoms with Gasteiger partial charge in [-0.1, -0.05) is 18.2 Å². The van der Waals surface area contributed by atoms with Crippen LogP contribution in [0, 0.1) is 0 Å². The van der Waals surface area contributed by atoms with Gasteiger partial charge in [0.1, 0.15) is 17.2 Å². The molecule has 0 atom stereocenters. The Hall–Kier alpha value is -3.86. The number of rotatable bonds is 4. The van der Waals surface area contributed by atoms with Gasteiger partial charge in [-0.3, -0.25) is 4.79 Å². The molecule has 0 unspecified atom stereocenters. The maximum Gasteiger partial charge on any atom is 0.416 e. The Morgan fingerprint density at radius 2 is 1.86 bits per heavy atom. The number of hydrogen-bond donors (Lipinski definition) is 1. The molecule has 1 fully saturated rings. The Morgan fingerprint density at radius 3 is 2.64 bits per heavy atom. The van der Waals surface area contributed by atoms with Gasteiger partial charge in [0, 0.05) is 37.9 Å². The van der Waals surface area contributed by atoms with Crippen molar-refractivity contribution in [3.8, 4) is 11.5 Å². The summed E-state index contributed by atoms with van der Waals surface area (Å²) in [5.74, 6) is 0.593. The summed E-state index contributed by atoms with van der Waals surface area (Å²) in [4.78, 5) is 29.5. The molecule has 11 heteroatoms. The number of benzene rings is 2. The predicted molar refractivity (Wildman–Crippen MR) is 133 cm³/mol. The van der Waals surface area contributed by atoms with Crippen LogP contribution in [0.5, 0.6) is 0 Å². The number of aromatic nitrogens is 4. The summed E-state index contributed by atoms with van der Waals surface area (Å²) >= 11 is 1.53. The van der Waals surface area contributed by atoms with Gasteiger partial charge in [0.25, 0.3) is 0 Å². The molecule has 5 aromatic rings. The number of aromatic amines is 1. The van der Waals surface area contributed by atoms with Crippen LogP contribution in [0.3, 0.4) is 0 Å². The maximum atomic E-state index is 13.2. The number of H-pyrrole nitrogens is 1. The van der Waals surface area contributed by atoms with Crippen molar-refractivity contribution in [3.63, 3.8) is 0 Å². The van der Waals surface area contributed by atoms with Crippen molar-refractivity contribution < 1.29 is 18.0 Å². The van der Waals surface area contributed by atoms with Gasteiger partial charge in [0.2, 0.25) is 5.91 Å². The first kappa shape index (κ1) is 22.6. The van der Waals surface area contributed by atoms with Crippen molar-refractivity contribution in [2.75, 3.05) is 31.1 Å². The molecule has 1 saturated heterocycles. The summed E-state index contributed by atoms with van der Waals surface area (Å²) in [6, 6.07) is 13.1. The second-order valence-corrected chi connectivity index (χ2v) is 9.52. The van der Waals surface area contributed by atoms with Crippen LogP contribution in [0.4, 0.5) is 18.2 Å². The molecule has 7 nitrogen and oxygen atoms in total. The lowest BCUT2D eigenvalue weighted by atomic mass is 10.1. The largest absolute Gasteiger partial charge is 0.416 e. The van der Waals surface area contributed by atoms with Gasteiger partial charge in [-0.05, 0) is 35.7 Å². The molecule has 0 radical (unpaired) electrons. The third-order valence-electron chi connectivity index (χ3n) is 6.49. The van der Waals surface area contributed by atoms with E-state index in [0.29, 0.717) is 42.9 Å².